The van der Waals surface area contributed by atoms with Gasteiger partial charge in [-0.15, -0.1) is 0 Å². The molecule has 0 aliphatic carbocycles. The summed E-state index contributed by atoms with van der Waals surface area (Å²) < 4.78 is 38.5. The third kappa shape index (κ3) is 2.93. The summed E-state index contributed by atoms with van der Waals surface area (Å²) in [4.78, 5) is 0. The van der Waals surface area contributed by atoms with Crippen LogP contribution in [0.4, 0.5) is 13.2 Å². The highest BCUT2D eigenvalue weighted by molar-refractivity contribution is 6.31. The summed E-state index contributed by atoms with van der Waals surface area (Å²) in [7, 11) is 0. The molecule has 2 rings (SSSR count). The van der Waals surface area contributed by atoms with Crippen molar-refractivity contribution in [2.45, 2.75) is 19.0 Å². The smallest absolute Gasteiger partial charge is 0.316 e. The molecule has 0 radical (unpaired) electrons. The molecule has 1 saturated heterocycles. The van der Waals surface area contributed by atoms with Crippen LogP contribution in [0, 0.1) is 5.92 Å². The molecule has 1 N–H and O–H groups in total. The van der Waals surface area contributed by atoms with Crippen LogP contribution in [0.3, 0.4) is 0 Å². The van der Waals surface area contributed by atoms with E-state index >= 15 is 0 Å². The van der Waals surface area contributed by atoms with Crippen LogP contribution >= 0.6 is 11.6 Å². The number of benzene rings is 1. The Balaban J connectivity index is 2.30. The van der Waals surface area contributed by atoms with Gasteiger partial charge in [0.1, 0.15) is 0 Å². The Kier molecular flexibility index (Phi) is 3.64. The summed E-state index contributed by atoms with van der Waals surface area (Å²) in [6, 6.07) is 3.97. The first-order valence-electron chi connectivity index (χ1n) is 5.54. The molecule has 0 saturated carbocycles. The summed E-state index contributed by atoms with van der Waals surface area (Å²) in [5.74, 6) is 0.246. The van der Waals surface area contributed by atoms with Gasteiger partial charge in [-0.1, -0.05) is 17.7 Å². The summed E-state index contributed by atoms with van der Waals surface area (Å²) in [5.41, 5.74) is -0.368. The molecule has 1 aromatic rings. The highest BCUT2D eigenvalue weighted by Crippen LogP contribution is 2.36. The van der Waals surface area contributed by atoms with E-state index in [1.165, 1.54) is 12.1 Å². The second-order valence-corrected chi connectivity index (χ2v) is 4.73. The Labute approximate surface area is 103 Å². The van der Waals surface area contributed by atoms with Gasteiger partial charge in [0, 0.05) is 5.02 Å². The first-order valence-corrected chi connectivity index (χ1v) is 5.91. The molecule has 0 amide bonds. The van der Waals surface area contributed by atoms with Crippen LogP contribution in [0.25, 0.3) is 0 Å². The van der Waals surface area contributed by atoms with Gasteiger partial charge in [0.25, 0.3) is 0 Å². The third-order valence-electron chi connectivity index (χ3n) is 3.08. The predicted molar refractivity (Wildman–Crippen MR) is 61.1 cm³/mol. The van der Waals surface area contributed by atoms with Crippen molar-refractivity contribution in [1.29, 1.82) is 0 Å². The SMILES string of the molecule is FC(F)(F)c1cccc(Cl)c1CC1CCNC1. The number of halogens is 4. The van der Waals surface area contributed by atoms with E-state index in [4.69, 9.17) is 11.6 Å². The van der Waals surface area contributed by atoms with Crippen LogP contribution in [0.1, 0.15) is 17.5 Å². The van der Waals surface area contributed by atoms with Gasteiger partial charge in [-0.2, -0.15) is 13.2 Å². The molecule has 1 fully saturated rings. The lowest BCUT2D eigenvalue weighted by Gasteiger charge is -2.16. The van der Waals surface area contributed by atoms with Crippen LogP contribution in [0.15, 0.2) is 18.2 Å². The van der Waals surface area contributed by atoms with Crippen molar-refractivity contribution < 1.29 is 13.2 Å². The molecule has 1 unspecified atom stereocenters. The van der Waals surface area contributed by atoms with Crippen LogP contribution in [0.2, 0.25) is 5.02 Å². The lowest BCUT2D eigenvalue weighted by molar-refractivity contribution is -0.138. The second-order valence-electron chi connectivity index (χ2n) is 4.33. The van der Waals surface area contributed by atoms with E-state index in [1.54, 1.807) is 0 Å². The van der Waals surface area contributed by atoms with Crippen molar-refractivity contribution in [2.24, 2.45) is 5.92 Å². The number of nitrogens with one attached hydrogen (secondary N) is 1. The van der Waals surface area contributed by atoms with Gasteiger partial charge in [0.15, 0.2) is 0 Å². The highest BCUT2D eigenvalue weighted by atomic mass is 35.5. The zero-order valence-corrected chi connectivity index (χ0v) is 9.91. The largest absolute Gasteiger partial charge is 0.416 e. The molecule has 0 spiro atoms. The third-order valence-corrected chi connectivity index (χ3v) is 3.43. The van der Waals surface area contributed by atoms with E-state index in [2.05, 4.69) is 5.32 Å². The van der Waals surface area contributed by atoms with Crippen LogP contribution in [-0.2, 0) is 12.6 Å². The monoisotopic (exact) mass is 263 g/mol. The summed E-state index contributed by atoms with van der Waals surface area (Å²) in [6.07, 6.45) is -3.03. The van der Waals surface area contributed by atoms with Crippen LogP contribution in [-0.4, -0.2) is 13.1 Å². The predicted octanol–water partition coefficient (Wildman–Crippen LogP) is 3.51. The Morgan fingerprint density at radius 1 is 1.35 bits per heavy atom. The Morgan fingerprint density at radius 2 is 2.12 bits per heavy atom. The van der Waals surface area contributed by atoms with Crippen molar-refractivity contribution in [2.75, 3.05) is 13.1 Å². The molecule has 0 bridgehead atoms. The Bertz CT molecular complexity index is 397. The zero-order chi connectivity index (χ0) is 12.5. The first kappa shape index (κ1) is 12.7. The van der Waals surface area contributed by atoms with Gasteiger partial charge in [-0.05, 0) is 49.5 Å². The summed E-state index contributed by atoms with van der Waals surface area (Å²) >= 11 is 5.89. The molecule has 1 aliphatic heterocycles. The fourth-order valence-corrected chi connectivity index (χ4v) is 2.46. The molecule has 1 aliphatic rings. The normalized spacial score (nSPS) is 20.8. The van der Waals surface area contributed by atoms with E-state index in [0.29, 0.717) is 6.42 Å². The van der Waals surface area contributed by atoms with Crippen molar-refractivity contribution >= 4 is 11.6 Å². The van der Waals surface area contributed by atoms with Gasteiger partial charge in [0.05, 0.1) is 5.56 Å². The van der Waals surface area contributed by atoms with Crippen LogP contribution in [0.5, 0.6) is 0 Å². The maximum atomic E-state index is 12.8. The number of hydrogen-bond donors (Lipinski definition) is 1. The maximum absolute atomic E-state index is 12.8. The Hall–Kier alpha value is -0.740. The highest BCUT2D eigenvalue weighted by Gasteiger charge is 2.34. The van der Waals surface area contributed by atoms with Crippen LogP contribution < -0.4 is 5.32 Å². The summed E-state index contributed by atoms with van der Waals surface area (Å²) in [5, 5.41) is 3.36. The Morgan fingerprint density at radius 3 is 2.71 bits per heavy atom. The molecule has 1 nitrogen and oxygen atoms in total. The molecule has 1 aromatic carbocycles. The molecule has 5 heteroatoms. The molecule has 0 aromatic heterocycles. The van der Waals surface area contributed by atoms with Crippen molar-refractivity contribution in [3.05, 3.63) is 34.3 Å². The number of rotatable bonds is 2. The standard InChI is InChI=1S/C12H13ClF3N/c13-11-3-1-2-10(12(14,15)16)9(11)6-8-4-5-17-7-8/h1-3,8,17H,4-7H2. The minimum atomic E-state index is -4.33. The first-order chi connectivity index (χ1) is 7.98. The van der Waals surface area contributed by atoms with E-state index in [9.17, 15) is 13.2 Å². The van der Waals surface area contributed by atoms with E-state index < -0.39 is 11.7 Å². The summed E-state index contributed by atoms with van der Waals surface area (Å²) in [6.45, 7) is 1.64. The van der Waals surface area contributed by atoms with E-state index in [0.717, 1.165) is 25.6 Å². The molecule has 1 atom stereocenters. The van der Waals surface area contributed by atoms with E-state index in [1.807, 2.05) is 0 Å². The van der Waals surface area contributed by atoms with Gasteiger partial charge in [-0.25, -0.2) is 0 Å². The topological polar surface area (TPSA) is 12.0 Å². The van der Waals surface area contributed by atoms with Gasteiger partial charge in [-0.3, -0.25) is 0 Å². The lowest BCUT2D eigenvalue weighted by atomic mass is 9.94. The fourth-order valence-electron chi connectivity index (χ4n) is 2.21. The second kappa shape index (κ2) is 4.86. The van der Waals surface area contributed by atoms with Crippen molar-refractivity contribution in [1.82, 2.24) is 5.32 Å². The molecular weight excluding hydrogens is 251 g/mol. The number of hydrogen-bond acceptors (Lipinski definition) is 1. The van der Waals surface area contributed by atoms with Crippen molar-refractivity contribution in [3.8, 4) is 0 Å². The van der Waals surface area contributed by atoms with Gasteiger partial charge >= 0.3 is 6.18 Å². The zero-order valence-electron chi connectivity index (χ0n) is 9.15. The van der Waals surface area contributed by atoms with Gasteiger partial charge < -0.3 is 5.32 Å². The average Bonchev–Trinajstić information content (AvgIpc) is 2.72. The minimum Gasteiger partial charge on any atom is -0.316 e. The molecule has 1 heterocycles. The molecular formula is C12H13ClF3N. The fraction of sp³-hybridized carbons (Fsp3) is 0.500. The maximum Gasteiger partial charge on any atom is 0.416 e. The van der Waals surface area contributed by atoms with Crippen molar-refractivity contribution in [3.63, 3.8) is 0 Å². The number of alkyl halides is 3. The minimum absolute atomic E-state index is 0.215. The molecule has 17 heavy (non-hydrogen) atoms. The lowest BCUT2D eigenvalue weighted by Crippen LogP contribution is -2.15. The van der Waals surface area contributed by atoms with Gasteiger partial charge in [0.2, 0.25) is 0 Å². The quantitative estimate of drug-likeness (QED) is 0.861. The van der Waals surface area contributed by atoms with E-state index in [-0.39, 0.29) is 16.5 Å². The average molecular weight is 264 g/mol. The molecule has 94 valence electrons.